The Morgan fingerprint density at radius 1 is 1.20 bits per heavy atom. The van der Waals surface area contributed by atoms with Gasteiger partial charge in [0, 0.05) is 5.56 Å². The molecule has 0 aliphatic heterocycles. The van der Waals surface area contributed by atoms with Crippen LogP contribution in [-0.2, 0) is 5.41 Å². The first kappa shape index (κ1) is 12.1. The van der Waals surface area contributed by atoms with Crippen LogP contribution in [-0.4, -0.2) is 6.54 Å². The Kier molecular flexibility index (Phi) is 3.45. The zero-order valence-electron chi connectivity index (χ0n) is 9.40. The summed E-state index contributed by atoms with van der Waals surface area (Å²) in [6.07, 6.45) is 0.559. The minimum absolute atomic E-state index is 0.138. The average molecular weight is 213 g/mol. The lowest BCUT2D eigenvalue weighted by Crippen LogP contribution is -2.24. The molecule has 1 rings (SSSR count). The fourth-order valence-electron chi connectivity index (χ4n) is 1.83. The number of rotatable bonds is 3. The number of aryl methyl sites for hydroxylation is 1. The molecule has 0 aliphatic rings. The molecule has 0 bridgehead atoms. The standard InChI is InChI=1S/C12H17F2N/c1-8-6-9(13)11(10(14)7-8)12(2,3)4-5-15/h6-7H,4-5,15H2,1-3H3. The summed E-state index contributed by atoms with van der Waals surface area (Å²) in [4.78, 5) is 0. The van der Waals surface area contributed by atoms with E-state index in [1.807, 2.05) is 0 Å². The Morgan fingerprint density at radius 2 is 1.67 bits per heavy atom. The molecule has 0 aliphatic carbocycles. The first-order chi connectivity index (χ1) is 6.88. The minimum Gasteiger partial charge on any atom is -0.330 e. The van der Waals surface area contributed by atoms with Crippen molar-refractivity contribution in [3.05, 3.63) is 34.9 Å². The zero-order chi connectivity index (χ0) is 11.6. The van der Waals surface area contributed by atoms with Crippen LogP contribution in [0.2, 0.25) is 0 Å². The number of nitrogens with two attached hydrogens (primary N) is 1. The van der Waals surface area contributed by atoms with Crippen LogP contribution in [0.3, 0.4) is 0 Å². The largest absolute Gasteiger partial charge is 0.330 e. The third kappa shape index (κ3) is 2.53. The van der Waals surface area contributed by atoms with Crippen LogP contribution in [0.25, 0.3) is 0 Å². The Bertz CT molecular complexity index is 336. The van der Waals surface area contributed by atoms with Crippen LogP contribution < -0.4 is 5.73 Å². The summed E-state index contributed by atoms with van der Waals surface area (Å²) in [5, 5.41) is 0. The fourth-order valence-corrected chi connectivity index (χ4v) is 1.83. The van der Waals surface area contributed by atoms with Gasteiger partial charge < -0.3 is 5.73 Å². The van der Waals surface area contributed by atoms with E-state index in [0.717, 1.165) is 0 Å². The van der Waals surface area contributed by atoms with Gasteiger partial charge in [0.15, 0.2) is 0 Å². The molecule has 15 heavy (non-hydrogen) atoms. The monoisotopic (exact) mass is 213 g/mol. The van der Waals surface area contributed by atoms with E-state index in [1.165, 1.54) is 12.1 Å². The molecule has 1 aromatic rings. The van der Waals surface area contributed by atoms with Gasteiger partial charge in [-0.25, -0.2) is 8.78 Å². The van der Waals surface area contributed by atoms with E-state index in [4.69, 9.17) is 5.73 Å². The third-order valence-corrected chi connectivity index (χ3v) is 2.63. The van der Waals surface area contributed by atoms with Gasteiger partial charge >= 0.3 is 0 Å². The van der Waals surface area contributed by atoms with Crippen LogP contribution in [0.5, 0.6) is 0 Å². The lowest BCUT2D eigenvalue weighted by Gasteiger charge is -2.25. The second-order valence-corrected chi connectivity index (χ2v) is 4.53. The van der Waals surface area contributed by atoms with Gasteiger partial charge in [0.05, 0.1) is 0 Å². The van der Waals surface area contributed by atoms with E-state index in [-0.39, 0.29) is 5.56 Å². The Hall–Kier alpha value is -0.960. The first-order valence-electron chi connectivity index (χ1n) is 5.04. The highest BCUT2D eigenvalue weighted by molar-refractivity contribution is 5.31. The SMILES string of the molecule is Cc1cc(F)c(C(C)(C)CCN)c(F)c1. The zero-order valence-corrected chi connectivity index (χ0v) is 9.40. The van der Waals surface area contributed by atoms with E-state index in [1.54, 1.807) is 20.8 Å². The van der Waals surface area contributed by atoms with Gasteiger partial charge in [-0.1, -0.05) is 13.8 Å². The van der Waals surface area contributed by atoms with Crippen molar-refractivity contribution in [2.24, 2.45) is 5.73 Å². The van der Waals surface area contributed by atoms with E-state index < -0.39 is 17.0 Å². The van der Waals surface area contributed by atoms with Gasteiger partial charge in [-0.05, 0) is 43.0 Å². The van der Waals surface area contributed by atoms with Gasteiger partial charge in [-0.3, -0.25) is 0 Å². The molecule has 0 radical (unpaired) electrons. The predicted molar refractivity (Wildman–Crippen MR) is 57.8 cm³/mol. The topological polar surface area (TPSA) is 26.0 Å². The van der Waals surface area contributed by atoms with Crippen molar-refractivity contribution in [2.75, 3.05) is 6.54 Å². The van der Waals surface area contributed by atoms with E-state index in [0.29, 0.717) is 18.5 Å². The molecule has 0 saturated carbocycles. The molecule has 0 fully saturated rings. The minimum atomic E-state index is -0.559. The second kappa shape index (κ2) is 4.27. The van der Waals surface area contributed by atoms with Crippen molar-refractivity contribution >= 4 is 0 Å². The van der Waals surface area contributed by atoms with E-state index in [2.05, 4.69) is 0 Å². The molecule has 0 heterocycles. The van der Waals surface area contributed by atoms with Gasteiger partial charge in [-0.15, -0.1) is 0 Å². The summed E-state index contributed by atoms with van der Waals surface area (Å²) < 4.78 is 27.3. The summed E-state index contributed by atoms with van der Waals surface area (Å²) in [7, 11) is 0. The highest BCUT2D eigenvalue weighted by atomic mass is 19.1. The Labute approximate surface area is 89.3 Å². The quantitative estimate of drug-likeness (QED) is 0.820. The van der Waals surface area contributed by atoms with Gasteiger partial charge in [0.1, 0.15) is 11.6 Å². The summed E-state index contributed by atoms with van der Waals surface area (Å²) >= 11 is 0. The molecule has 1 aromatic carbocycles. The van der Waals surface area contributed by atoms with E-state index in [9.17, 15) is 8.78 Å². The van der Waals surface area contributed by atoms with Crippen molar-refractivity contribution < 1.29 is 8.78 Å². The maximum atomic E-state index is 13.6. The molecule has 1 nitrogen and oxygen atoms in total. The van der Waals surface area contributed by atoms with Crippen LogP contribution in [0.1, 0.15) is 31.4 Å². The number of hydrogen-bond acceptors (Lipinski definition) is 1. The summed E-state index contributed by atoms with van der Waals surface area (Å²) in [6, 6.07) is 2.72. The molecule has 0 amide bonds. The summed E-state index contributed by atoms with van der Waals surface area (Å²) in [5.74, 6) is -0.961. The molecule has 0 aromatic heterocycles. The van der Waals surface area contributed by atoms with E-state index >= 15 is 0 Å². The first-order valence-corrected chi connectivity index (χ1v) is 5.04. The molecule has 3 heteroatoms. The highest BCUT2D eigenvalue weighted by Gasteiger charge is 2.27. The smallest absolute Gasteiger partial charge is 0.130 e. The summed E-state index contributed by atoms with van der Waals surface area (Å²) in [5.41, 5.74) is 5.61. The maximum Gasteiger partial charge on any atom is 0.130 e. The molecule has 0 spiro atoms. The maximum absolute atomic E-state index is 13.6. The lowest BCUT2D eigenvalue weighted by molar-refractivity contribution is 0.425. The highest BCUT2D eigenvalue weighted by Crippen LogP contribution is 2.31. The molecular weight excluding hydrogens is 196 g/mol. The molecule has 0 unspecified atom stereocenters. The Morgan fingerprint density at radius 3 is 2.07 bits per heavy atom. The average Bonchev–Trinajstić information content (AvgIpc) is 1.99. The van der Waals surface area contributed by atoms with Crippen LogP contribution in [0.4, 0.5) is 8.78 Å². The van der Waals surface area contributed by atoms with Crippen LogP contribution >= 0.6 is 0 Å². The number of benzene rings is 1. The molecule has 0 atom stereocenters. The molecular formula is C12H17F2N. The fraction of sp³-hybridized carbons (Fsp3) is 0.500. The summed E-state index contributed by atoms with van der Waals surface area (Å²) in [6.45, 7) is 5.69. The predicted octanol–water partition coefficient (Wildman–Crippen LogP) is 2.90. The Balaban J connectivity index is 3.24. The van der Waals surface area contributed by atoms with Crippen molar-refractivity contribution in [1.29, 1.82) is 0 Å². The second-order valence-electron chi connectivity index (χ2n) is 4.53. The number of hydrogen-bond donors (Lipinski definition) is 1. The van der Waals surface area contributed by atoms with Crippen molar-refractivity contribution in [3.63, 3.8) is 0 Å². The molecule has 84 valence electrons. The van der Waals surface area contributed by atoms with Crippen molar-refractivity contribution in [1.82, 2.24) is 0 Å². The van der Waals surface area contributed by atoms with Crippen LogP contribution in [0.15, 0.2) is 12.1 Å². The lowest BCUT2D eigenvalue weighted by atomic mass is 9.80. The number of halogens is 2. The van der Waals surface area contributed by atoms with Crippen molar-refractivity contribution in [3.8, 4) is 0 Å². The van der Waals surface area contributed by atoms with Crippen molar-refractivity contribution in [2.45, 2.75) is 32.6 Å². The molecule has 2 N–H and O–H groups in total. The van der Waals surface area contributed by atoms with Gasteiger partial charge in [0.25, 0.3) is 0 Å². The van der Waals surface area contributed by atoms with Crippen LogP contribution in [0, 0.1) is 18.6 Å². The van der Waals surface area contributed by atoms with Gasteiger partial charge in [-0.2, -0.15) is 0 Å². The normalized spacial score (nSPS) is 11.9. The van der Waals surface area contributed by atoms with Gasteiger partial charge in [0.2, 0.25) is 0 Å². The molecule has 0 saturated heterocycles. The third-order valence-electron chi connectivity index (χ3n) is 2.63.